The summed E-state index contributed by atoms with van der Waals surface area (Å²) in [6.45, 7) is 1.98. The second-order valence-electron chi connectivity index (χ2n) is 4.95. The first-order valence-corrected chi connectivity index (χ1v) is 7.60. The van der Waals surface area contributed by atoms with Gasteiger partial charge < -0.3 is 5.32 Å². The lowest BCUT2D eigenvalue weighted by Gasteiger charge is -2.14. The zero-order chi connectivity index (χ0) is 15.2. The van der Waals surface area contributed by atoms with E-state index in [-0.39, 0.29) is 11.9 Å². The number of carbonyl (C=O) groups excluding carboxylic acids is 1. The monoisotopic (exact) mass is 321 g/mol. The Morgan fingerprint density at radius 2 is 1.81 bits per heavy atom. The third-order valence-corrected chi connectivity index (χ3v) is 4.04. The number of carbonyl (C=O) groups is 1. The molecule has 0 saturated heterocycles. The quantitative estimate of drug-likeness (QED) is 0.841. The van der Waals surface area contributed by atoms with Gasteiger partial charge in [0.05, 0.1) is 16.1 Å². The Bertz CT molecular complexity index is 613. The highest BCUT2D eigenvalue weighted by Gasteiger charge is 2.09. The maximum Gasteiger partial charge on any atom is 0.220 e. The summed E-state index contributed by atoms with van der Waals surface area (Å²) in [6.07, 6.45) is 1.07. The first-order valence-electron chi connectivity index (χ1n) is 6.84. The van der Waals surface area contributed by atoms with Crippen LogP contribution in [-0.2, 0) is 11.2 Å². The van der Waals surface area contributed by atoms with E-state index >= 15 is 0 Å². The summed E-state index contributed by atoms with van der Waals surface area (Å²) in [6, 6.07) is 15.4. The van der Waals surface area contributed by atoms with Crippen molar-refractivity contribution in [3.63, 3.8) is 0 Å². The van der Waals surface area contributed by atoms with Crippen molar-refractivity contribution in [1.29, 1.82) is 0 Å². The van der Waals surface area contributed by atoms with Crippen LogP contribution in [0.5, 0.6) is 0 Å². The van der Waals surface area contributed by atoms with Gasteiger partial charge in [-0.25, -0.2) is 0 Å². The fourth-order valence-corrected chi connectivity index (χ4v) is 2.41. The number of aryl methyl sites for hydroxylation is 1. The number of hydrogen-bond acceptors (Lipinski definition) is 1. The molecule has 110 valence electrons. The molecular formula is C17H17Cl2NO. The van der Waals surface area contributed by atoms with Crippen molar-refractivity contribution >= 4 is 29.1 Å². The Labute approximate surface area is 135 Å². The average molecular weight is 322 g/mol. The summed E-state index contributed by atoms with van der Waals surface area (Å²) < 4.78 is 0. The maximum absolute atomic E-state index is 12.0. The summed E-state index contributed by atoms with van der Waals surface area (Å²) >= 11 is 11.8. The van der Waals surface area contributed by atoms with Gasteiger partial charge in [-0.05, 0) is 36.6 Å². The lowest BCUT2D eigenvalue weighted by Crippen LogP contribution is -2.26. The predicted molar refractivity (Wildman–Crippen MR) is 87.8 cm³/mol. The van der Waals surface area contributed by atoms with E-state index in [9.17, 15) is 4.79 Å². The van der Waals surface area contributed by atoms with E-state index in [1.165, 1.54) is 0 Å². The highest BCUT2D eigenvalue weighted by molar-refractivity contribution is 6.42. The smallest absolute Gasteiger partial charge is 0.220 e. The molecule has 0 saturated carbocycles. The van der Waals surface area contributed by atoms with Crippen molar-refractivity contribution in [2.45, 2.75) is 25.8 Å². The van der Waals surface area contributed by atoms with Crippen molar-refractivity contribution in [3.8, 4) is 0 Å². The van der Waals surface area contributed by atoms with Crippen LogP contribution in [0.15, 0.2) is 48.5 Å². The minimum absolute atomic E-state index is 0.00695. The zero-order valence-corrected chi connectivity index (χ0v) is 13.3. The molecule has 0 heterocycles. The van der Waals surface area contributed by atoms with E-state index in [4.69, 9.17) is 23.2 Å². The Morgan fingerprint density at radius 1 is 1.10 bits per heavy atom. The third kappa shape index (κ3) is 4.76. The Hall–Kier alpha value is -1.51. The van der Waals surface area contributed by atoms with Crippen LogP contribution in [0.2, 0.25) is 10.0 Å². The molecule has 1 amide bonds. The SMILES string of the molecule is C[C@@H](NC(=O)CCc1ccc(Cl)c(Cl)c1)c1ccccc1. The molecule has 0 aliphatic carbocycles. The number of rotatable bonds is 5. The van der Waals surface area contributed by atoms with E-state index in [1.807, 2.05) is 43.3 Å². The van der Waals surface area contributed by atoms with Gasteiger partial charge in [0, 0.05) is 6.42 Å². The van der Waals surface area contributed by atoms with E-state index in [0.29, 0.717) is 22.9 Å². The number of amides is 1. The van der Waals surface area contributed by atoms with Crippen LogP contribution in [-0.4, -0.2) is 5.91 Å². The molecule has 0 aliphatic rings. The van der Waals surface area contributed by atoms with Gasteiger partial charge in [0.2, 0.25) is 5.91 Å². The van der Waals surface area contributed by atoms with Gasteiger partial charge >= 0.3 is 0 Å². The molecule has 0 fully saturated rings. The van der Waals surface area contributed by atoms with E-state index in [0.717, 1.165) is 11.1 Å². The molecule has 1 atom stereocenters. The van der Waals surface area contributed by atoms with Crippen LogP contribution in [0.3, 0.4) is 0 Å². The van der Waals surface area contributed by atoms with E-state index < -0.39 is 0 Å². The van der Waals surface area contributed by atoms with Gasteiger partial charge in [-0.3, -0.25) is 4.79 Å². The number of nitrogens with one attached hydrogen (secondary N) is 1. The van der Waals surface area contributed by atoms with Gasteiger partial charge in [0.25, 0.3) is 0 Å². The number of halogens is 2. The number of benzene rings is 2. The fraction of sp³-hybridized carbons (Fsp3) is 0.235. The van der Waals surface area contributed by atoms with Crippen molar-refractivity contribution in [2.24, 2.45) is 0 Å². The molecule has 0 aromatic heterocycles. The van der Waals surface area contributed by atoms with Crippen molar-refractivity contribution in [1.82, 2.24) is 5.32 Å². The van der Waals surface area contributed by atoms with Crippen molar-refractivity contribution in [2.75, 3.05) is 0 Å². The van der Waals surface area contributed by atoms with Crippen LogP contribution in [0, 0.1) is 0 Å². The third-order valence-electron chi connectivity index (χ3n) is 3.30. The van der Waals surface area contributed by atoms with E-state index in [2.05, 4.69) is 5.32 Å². The molecule has 2 rings (SSSR count). The van der Waals surface area contributed by atoms with Crippen molar-refractivity contribution in [3.05, 3.63) is 69.7 Å². The van der Waals surface area contributed by atoms with Crippen LogP contribution < -0.4 is 5.32 Å². The summed E-state index contributed by atoms with van der Waals surface area (Å²) in [5, 5.41) is 4.05. The van der Waals surface area contributed by atoms with Gasteiger partial charge in [-0.15, -0.1) is 0 Å². The average Bonchev–Trinajstić information content (AvgIpc) is 2.49. The molecule has 2 nitrogen and oxygen atoms in total. The molecule has 0 bridgehead atoms. The topological polar surface area (TPSA) is 29.1 Å². The van der Waals surface area contributed by atoms with Crippen molar-refractivity contribution < 1.29 is 4.79 Å². The molecule has 0 unspecified atom stereocenters. The lowest BCUT2D eigenvalue weighted by atomic mass is 10.1. The summed E-state index contributed by atoms with van der Waals surface area (Å²) in [4.78, 5) is 12.0. The van der Waals surface area contributed by atoms with E-state index in [1.54, 1.807) is 12.1 Å². The molecular weight excluding hydrogens is 305 g/mol. The van der Waals surface area contributed by atoms with Gasteiger partial charge in [-0.1, -0.05) is 59.6 Å². The Kier molecular flexibility index (Phi) is 5.66. The van der Waals surface area contributed by atoms with Crippen LogP contribution in [0.4, 0.5) is 0 Å². The second kappa shape index (κ2) is 7.48. The van der Waals surface area contributed by atoms with Crippen LogP contribution in [0.25, 0.3) is 0 Å². The summed E-state index contributed by atoms with van der Waals surface area (Å²) in [5.41, 5.74) is 2.10. The molecule has 0 radical (unpaired) electrons. The van der Waals surface area contributed by atoms with Crippen LogP contribution in [0.1, 0.15) is 30.5 Å². The lowest BCUT2D eigenvalue weighted by molar-refractivity contribution is -0.121. The van der Waals surface area contributed by atoms with Gasteiger partial charge in [0.15, 0.2) is 0 Å². The van der Waals surface area contributed by atoms with Crippen LogP contribution >= 0.6 is 23.2 Å². The summed E-state index contributed by atoms with van der Waals surface area (Å²) in [5.74, 6) is 0.0254. The fourth-order valence-electron chi connectivity index (χ4n) is 2.09. The molecule has 2 aromatic rings. The largest absolute Gasteiger partial charge is 0.350 e. The minimum Gasteiger partial charge on any atom is -0.350 e. The Balaban J connectivity index is 1.86. The highest BCUT2D eigenvalue weighted by Crippen LogP contribution is 2.23. The Morgan fingerprint density at radius 3 is 2.48 bits per heavy atom. The molecule has 2 aromatic carbocycles. The predicted octanol–water partition coefficient (Wildman–Crippen LogP) is 4.80. The normalized spacial score (nSPS) is 12.0. The number of hydrogen-bond donors (Lipinski definition) is 1. The molecule has 0 spiro atoms. The minimum atomic E-state index is 0.00695. The summed E-state index contributed by atoms with van der Waals surface area (Å²) in [7, 11) is 0. The second-order valence-corrected chi connectivity index (χ2v) is 5.76. The molecule has 0 aliphatic heterocycles. The first kappa shape index (κ1) is 15.9. The molecule has 1 N–H and O–H groups in total. The maximum atomic E-state index is 12.0. The van der Waals surface area contributed by atoms with Gasteiger partial charge in [0.1, 0.15) is 0 Å². The van der Waals surface area contributed by atoms with Gasteiger partial charge in [-0.2, -0.15) is 0 Å². The molecule has 4 heteroatoms. The molecule has 21 heavy (non-hydrogen) atoms. The zero-order valence-electron chi connectivity index (χ0n) is 11.8. The highest BCUT2D eigenvalue weighted by atomic mass is 35.5. The standard InChI is InChI=1S/C17H17Cl2NO/c1-12(14-5-3-2-4-6-14)20-17(21)10-8-13-7-9-15(18)16(19)11-13/h2-7,9,11-12H,8,10H2,1H3,(H,20,21)/t12-/m1/s1. The first-order chi connectivity index (χ1) is 10.1.